The Hall–Kier alpha value is -7.70. The second-order valence-electron chi connectivity index (χ2n) is 13.4. The van der Waals surface area contributed by atoms with Crippen LogP contribution >= 0.6 is 23.2 Å². The van der Waals surface area contributed by atoms with Gasteiger partial charge in [0.25, 0.3) is 23.6 Å². The molecule has 0 saturated heterocycles. The third-order valence-electron chi connectivity index (χ3n) is 9.30. The number of halogens is 2. The number of imide groups is 2. The number of nitrogen functional groups attached to an aromatic ring is 1. The lowest BCUT2D eigenvalue weighted by molar-refractivity contribution is -0.384. The van der Waals surface area contributed by atoms with Gasteiger partial charge in [-0.15, -0.1) is 0 Å². The second-order valence-corrected chi connectivity index (χ2v) is 14.1. The Morgan fingerprint density at radius 3 is 1.40 bits per heavy atom. The highest BCUT2D eigenvalue weighted by Gasteiger charge is 2.35. The molecule has 0 unspecified atom stereocenters. The third kappa shape index (κ3) is 9.83. The highest BCUT2D eigenvalue weighted by molar-refractivity contribution is 6.28. The van der Waals surface area contributed by atoms with E-state index in [0.717, 1.165) is 11.9 Å². The lowest BCUT2D eigenvalue weighted by atomic mass is 10.1. The fraction of sp³-hybridized carbons (Fsp3) is 0.143. The van der Waals surface area contributed by atoms with Crippen molar-refractivity contribution in [1.29, 1.82) is 0 Å². The number of hydrogen-bond acceptors (Lipinski definition) is 15. The van der Waals surface area contributed by atoms with Crippen molar-refractivity contribution < 1.29 is 33.6 Å². The summed E-state index contributed by atoms with van der Waals surface area (Å²) in [5, 5.41) is 17.0. The Bertz CT molecular complexity index is 2600. The molecule has 4 N–H and O–H groups in total. The Labute approximate surface area is 362 Å². The van der Waals surface area contributed by atoms with Crippen LogP contribution in [0.4, 0.5) is 34.4 Å². The third-order valence-corrected chi connectivity index (χ3v) is 9.67. The Kier molecular flexibility index (Phi) is 13.1. The van der Waals surface area contributed by atoms with Crippen LogP contribution in [0.1, 0.15) is 54.3 Å². The topological polar surface area (TPSA) is 238 Å². The number of fused-ring (bicyclic) bond motifs is 2. The molecular formula is C42H34Cl2N10O8. The summed E-state index contributed by atoms with van der Waals surface area (Å²) >= 11 is 11.5. The smallest absolute Gasteiger partial charge is 0.329 e. The zero-order valence-electron chi connectivity index (χ0n) is 32.4. The van der Waals surface area contributed by atoms with E-state index in [4.69, 9.17) is 38.4 Å². The van der Waals surface area contributed by atoms with Gasteiger partial charge in [0.15, 0.2) is 5.82 Å². The highest BCUT2D eigenvalue weighted by Crippen LogP contribution is 2.28. The van der Waals surface area contributed by atoms with Crippen molar-refractivity contribution in [1.82, 2.24) is 29.7 Å². The summed E-state index contributed by atoms with van der Waals surface area (Å²) in [4.78, 5) is 77.7. The van der Waals surface area contributed by atoms with E-state index < -0.39 is 4.92 Å². The molecule has 0 bridgehead atoms. The Morgan fingerprint density at radius 2 is 0.984 bits per heavy atom. The molecule has 0 fully saturated rings. The van der Waals surface area contributed by atoms with Gasteiger partial charge in [-0.25, -0.2) is 9.97 Å². The first kappa shape index (κ1) is 42.4. The molecular weight excluding hydrogens is 843 g/mol. The summed E-state index contributed by atoms with van der Waals surface area (Å²) in [6, 6.07) is 27.5. The number of ether oxygens (including phenoxy) is 2. The van der Waals surface area contributed by atoms with Crippen molar-refractivity contribution >= 4 is 81.2 Å². The van der Waals surface area contributed by atoms with Gasteiger partial charge in [0.2, 0.25) is 16.4 Å². The standard InChI is InChI=1S/C21H16ClN5O5.C21H18ClN5O3/c22-21-23-12-17(27(30)31)18(25-21)24-13-6-8-14(9-7-13)32-11-3-10-26-19(28)15-4-1-2-5-16(15)20(26)29;22-21-24-12-17(23)18(26-21)25-13-6-8-14(9-7-13)30-11-3-10-27-19(28)15-4-1-2-5-16(15)20(27)29/h1-2,4-9,12H,3,10-11H2,(H,23,24,25);1-2,4-9,12H,3,10-11,23H2,(H,24,25,26). The molecule has 2 aliphatic heterocycles. The number of benzene rings is 4. The number of nitrogens with one attached hydrogen (secondary N) is 2. The molecule has 314 valence electrons. The number of anilines is 5. The van der Waals surface area contributed by atoms with Crippen LogP contribution in [0.15, 0.2) is 109 Å². The summed E-state index contributed by atoms with van der Waals surface area (Å²) in [7, 11) is 0. The summed E-state index contributed by atoms with van der Waals surface area (Å²) in [5.74, 6) is 0.532. The van der Waals surface area contributed by atoms with Gasteiger partial charge < -0.3 is 25.8 Å². The molecule has 0 spiro atoms. The minimum atomic E-state index is -0.607. The predicted molar refractivity (Wildman–Crippen MR) is 228 cm³/mol. The zero-order chi connectivity index (χ0) is 43.8. The average molecular weight is 878 g/mol. The van der Waals surface area contributed by atoms with Gasteiger partial charge in [-0.3, -0.25) is 39.1 Å². The summed E-state index contributed by atoms with van der Waals surface area (Å²) in [6.45, 7) is 1.23. The van der Waals surface area contributed by atoms with Crippen LogP contribution in [-0.4, -0.2) is 84.6 Å². The predicted octanol–water partition coefficient (Wildman–Crippen LogP) is 7.37. The first-order chi connectivity index (χ1) is 30.0. The van der Waals surface area contributed by atoms with E-state index in [1.807, 2.05) is 12.1 Å². The van der Waals surface area contributed by atoms with E-state index in [0.29, 0.717) is 83.5 Å². The summed E-state index contributed by atoms with van der Waals surface area (Å²) in [6.07, 6.45) is 3.46. The molecule has 0 saturated carbocycles. The molecule has 8 rings (SSSR count). The molecule has 4 amide bonds. The number of rotatable bonds is 15. The molecule has 0 aliphatic carbocycles. The Balaban J connectivity index is 0.000000187. The van der Waals surface area contributed by atoms with Gasteiger partial charge in [0.05, 0.1) is 52.3 Å². The number of aromatic nitrogens is 4. The summed E-state index contributed by atoms with van der Waals surface area (Å²) < 4.78 is 11.4. The number of carbonyl (C=O) groups excluding carboxylic acids is 4. The maximum atomic E-state index is 12.3. The Morgan fingerprint density at radius 1 is 0.597 bits per heavy atom. The van der Waals surface area contributed by atoms with Crippen LogP contribution in [0.2, 0.25) is 10.6 Å². The monoisotopic (exact) mass is 876 g/mol. The van der Waals surface area contributed by atoms with Crippen LogP contribution < -0.4 is 25.8 Å². The van der Waals surface area contributed by atoms with E-state index in [2.05, 4.69) is 30.6 Å². The molecule has 6 aromatic rings. The van der Waals surface area contributed by atoms with Crippen molar-refractivity contribution in [3.63, 3.8) is 0 Å². The van der Waals surface area contributed by atoms with Crippen molar-refractivity contribution in [2.24, 2.45) is 0 Å². The lowest BCUT2D eigenvalue weighted by Gasteiger charge is -2.14. The molecule has 62 heavy (non-hydrogen) atoms. The average Bonchev–Trinajstić information content (AvgIpc) is 3.66. The van der Waals surface area contributed by atoms with Crippen molar-refractivity contribution in [3.8, 4) is 11.5 Å². The van der Waals surface area contributed by atoms with Crippen LogP contribution in [0, 0.1) is 10.1 Å². The first-order valence-electron chi connectivity index (χ1n) is 18.8. The van der Waals surface area contributed by atoms with Crippen LogP contribution in [0.5, 0.6) is 11.5 Å². The van der Waals surface area contributed by atoms with Gasteiger partial charge in [0, 0.05) is 24.5 Å². The maximum Gasteiger partial charge on any atom is 0.329 e. The number of nitrogens with two attached hydrogens (primary N) is 1. The molecule has 4 aromatic carbocycles. The van der Waals surface area contributed by atoms with E-state index in [-0.39, 0.29) is 52.2 Å². The lowest BCUT2D eigenvalue weighted by Crippen LogP contribution is -2.31. The number of nitro groups is 1. The van der Waals surface area contributed by atoms with E-state index in [1.54, 1.807) is 84.9 Å². The molecule has 4 heterocycles. The quantitative estimate of drug-likeness (QED) is 0.0300. The second kappa shape index (κ2) is 19.1. The van der Waals surface area contributed by atoms with E-state index >= 15 is 0 Å². The van der Waals surface area contributed by atoms with Crippen molar-refractivity contribution in [3.05, 3.63) is 152 Å². The van der Waals surface area contributed by atoms with Gasteiger partial charge in [-0.05, 0) is 109 Å². The molecule has 0 radical (unpaired) electrons. The van der Waals surface area contributed by atoms with E-state index in [9.17, 15) is 29.3 Å². The summed E-state index contributed by atoms with van der Waals surface area (Å²) in [5.41, 5.74) is 8.96. The van der Waals surface area contributed by atoms with Crippen molar-refractivity contribution in [2.75, 3.05) is 42.7 Å². The fourth-order valence-corrected chi connectivity index (χ4v) is 6.57. The van der Waals surface area contributed by atoms with Crippen molar-refractivity contribution in [2.45, 2.75) is 12.8 Å². The molecule has 2 aliphatic rings. The van der Waals surface area contributed by atoms with Crippen LogP contribution in [0.3, 0.4) is 0 Å². The number of hydrogen-bond donors (Lipinski definition) is 3. The van der Waals surface area contributed by atoms with Crippen LogP contribution in [-0.2, 0) is 0 Å². The highest BCUT2D eigenvalue weighted by atomic mass is 35.5. The number of carbonyl (C=O) groups is 4. The zero-order valence-corrected chi connectivity index (χ0v) is 33.9. The van der Waals surface area contributed by atoms with E-state index in [1.165, 1.54) is 16.0 Å². The number of nitrogens with zero attached hydrogens (tertiary/aromatic N) is 7. The molecule has 0 atom stereocenters. The van der Waals surface area contributed by atoms with Gasteiger partial charge in [-0.1, -0.05) is 24.3 Å². The SMILES string of the molecule is Nc1cnc(Cl)nc1Nc1ccc(OCCCN2C(=O)c3ccccc3C2=O)cc1.O=C1c2ccccc2C(=O)N1CCCOc1ccc(Nc2nc(Cl)ncc2[N+](=O)[O-])cc1. The molecule has 20 heteroatoms. The van der Waals surface area contributed by atoms with Crippen LogP contribution in [0.25, 0.3) is 0 Å². The molecule has 2 aromatic heterocycles. The fourth-order valence-electron chi connectivity index (χ4n) is 6.30. The minimum Gasteiger partial charge on any atom is -0.494 e. The number of amides is 4. The normalized spacial score (nSPS) is 12.7. The van der Waals surface area contributed by atoms with Gasteiger partial charge in [0.1, 0.15) is 17.7 Å². The largest absolute Gasteiger partial charge is 0.494 e. The van der Waals surface area contributed by atoms with Gasteiger partial charge in [-0.2, -0.15) is 9.97 Å². The van der Waals surface area contributed by atoms with Gasteiger partial charge >= 0.3 is 5.69 Å². The first-order valence-corrected chi connectivity index (χ1v) is 19.6. The maximum absolute atomic E-state index is 12.3. The minimum absolute atomic E-state index is 0.0235. The molecule has 18 nitrogen and oxygen atoms in total.